The second kappa shape index (κ2) is 10.7. The number of rotatable bonds is 11. The Morgan fingerprint density at radius 2 is 1.77 bits per heavy atom. The van der Waals surface area contributed by atoms with Crippen molar-refractivity contribution in [3.05, 3.63) is 48.5 Å². The number of amides is 1. The van der Waals surface area contributed by atoms with Crippen LogP contribution in [0.4, 0.5) is 5.69 Å². The zero-order valence-electron chi connectivity index (χ0n) is 17.6. The lowest BCUT2D eigenvalue weighted by Gasteiger charge is -2.19. The Balaban J connectivity index is 1.84. The summed E-state index contributed by atoms with van der Waals surface area (Å²) >= 11 is 0. The normalized spacial score (nSPS) is 12.0. The number of hydrogen-bond donors (Lipinski definition) is 1. The molecule has 0 saturated heterocycles. The summed E-state index contributed by atoms with van der Waals surface area (Å²) in [4.78, 5) is 12.4. The number of nitrogens with zero attached hydrogens (tertiary/aromatic N) is 1. The fraction of sp³-hybridized carbons (Fsp3) is 0.381. The van der Waals surface area contributed by atoms with E-state index in [4.69, 9.17) is 14.2 Å². The molecule has 0 heterocycles. The SMILES string of the molecule is CC[C@H](Oc1ccc(N(C)S(C)(=O)=O)cc1)C(=O)NCCOc1cccc(OC)c1. The van der Waals surface area contributed by atoms with Crippen LogP contribution < -0.4 is 23.8 Å². The first-order valence-corrected chi connectivity index (χ1v) is 11.3. The third kappa shape index (κ3) is 6.84. The van der Waals surface area contributed by atoms with Crippen LogP contribution in [-0.4, -0.2) is 54.0 Å². The summed E-state index contributed by atoms with van der Waals surface area (Å²) < 4.78 is 40.9. The zero-order chi connectivity index (χ0) is 22.1. The number of nitrogens with one attached hydrogen (secondary N) is 1. The molecule has 1 amide bonds. The fourth-order valence-electron chi connectivity index (χ4n) is 2.56. The quantitative estimate of drug-likeness (QED) is 0.544. The molecule has 164 valence electrons. The van der Waals surface area contributed by atoms with Gasteiger partial charge in [0.15, 0.2) is 6.10 Å². The molecule has 0 unspecified atom stereocenters. The average Bonchev–Trinajstić information content (AvgIpc) is 2.74. The van der Waals surface area contributed by atoms with Crippen LogP contribution in [0.1, 0.15) is 13.3 Å². The highest BCUT2D eigenvalue weighted by Crippen LogP contribution is 2.21. The molecule has 0 aliphatic rings. The molecule has 1 atom stereocenters. The summed E-state index contributed by atoms with van der Waals surface area (Å²) in [5.74, 6) is 1.59. The van der Waals surface area contributed by atoms with Gasteiger partial charge in [-0.1, -0.05) is 13.0 Å². The maximum absolute atomic E-state index is 12.4. The van der Waals surface area contributed by atoms with Crippen molar-refractivity contribution in [1.82, 2.24) is 5.32 Å². The van der Waals surface area contributed by atoms with E-state index in [9.17, 15) is 13.2 Å². The Hall–Kier alpha value is -2.94. The Labute approximate surface area is 177 Å². The molecule has 0 spiro atoms. The van der Waals surface area contributed by atoms with Crippen molar-refractivity contribution in [3.63, 3.8) is 0 Å². The van der Waals surface area contributed by atoms with Gasteiger partial charge in [-0.25, -0.2) is 8.42 Å². The summed E-state index contributed by atoms with van der Waals surface area (Å²) in [6.07, 6.45) is 0.945. The summed E-state index contributed by atoms with van der Waals surface area (Å²) in [6, 6.07) is 13.8. The number of carbonyl (C=O) groups is 1. The highest BCUT2D eigenvalue weighted by Gasteiger charge is 2.18. The minimum Gasteiger partial charge on any atom is -0.497 e. The van der Waals surface area contributed by atoms with Crippen LogP contribution in [0, 0.1) is 0 Å². The molecule has 0 bridgehead atoms. The minimum absolute atomic E-state index is 0.246. The topological polar surface area (TPSA) is 94.2 Å². The number of carbonyl (C=O) groups excluding carboxylic acids is 1. The van der Waals surface area contributed by atoms with E-state index in [0.717, 1.165) is 6.26 Å². The molecule has 0 radical (unpaired) electrons. The predicted octanol–water partition coefficient (Wildman–Crippen LogP) is 2.44. The third-order valence-electron chi connectivity index (χ3n) is 4.35. The zero-order valence-corrected chi connectivity index (χ0v) is 18.4. The monoisotopic (exact) mass is 436 g/mol. The molecule has 0 aromatic heterocycles. The molecular weight excluding hydrogens is 408 g/mol. The first-order valence-electron chi connectivity index (χ1n) is 9.49. The molecule has 9 heteroatoms. The van der Waals surface area contributed by atoms with Crippen LogP contribution in [0.25, 0.3) is 0 Å². The number of ether oxygens (including phenoxy) is 3. The van der Waals surface area contributed by atoms with Gasteiger partial charge in [0.1, 0.15) is 23.9 Å². The van der Waals surface area contributed by atoms with Crippen molar-refractivity contribution in [3.8, 4) is 17.2 Å². The minimum atomic E-state index is -3.34. The molecule has 1 N–H and O–H groups in total. The molecule has 2 aromatic carbocycles. The van der Waals surface area contributed by atoms with E-state index in [0.29, 0.717) is 42.5 Å². The van der Waals surface area contributed by atoms with E-state index in [-0.39, 0.29) is 5.91 Å². The largest absolute Gasteiger partial charge is 0.497 e. The maximum atomic E-state index is 12.4. The molecule has 8 nitrogen and oxygen atoms in total. The summed E-state index contributed by atoms with van der Waals surface area (Å²) in [6.45, 7) is 2.48. The molecular formula is C21H28N2O6S. The fourth-order valence-corrected chi connectivity index (χ4v) is 3.07. The smallest absolute Gasteiger partial charge is 0.261 e. The lowest BCUT2D eigenvalue weighted by Crippen LogP contribution is -2.39. The van der Waals surface area contributed by atoms with Crippen molar-refractivity contribution >= 4 is 21.6 Å². The maximum Gasteiger partial charge on any atom is 0.261 e. The van der Waals surface area contributed by atoms with Crippen LogP contribution >= 0.6 is 0 Å². The second-order valence-electron chi connectivity index (χ2n) is 6.56. The highest BCUT2D eigenvalue weighted by molar-refractivity contribution is 7.92. The van der Waals surface area contributed by atoms with Crippen LogP contribution in [0.3, 0.4) is 0 Å². The molecule has 30 heavy (non-hydrogen) atoms. The van der Waals surface area contributed by atoms with E-state index in [1.807, 2.05) is 25.1 Å². The molecule has 0 aliphatic carbocycles. The van der Waals surface area contributed by atoms with Crippen molar-refractivity contribution < 1.29 is 27.4 Å². The van der Waals surface area contributed by atoms with Crippen molar-refractivity contribution in [2.75, 3.05) is 37.9 Å². The van der Waals surface area contributed by atoms with Gasteiger partial charge in [-0.05, 0) is 42.8 Å². The number of methoxy groups -OCH3 is 1. The van der Waals surface area contributed by atoms with Gasteiger partial charge >= 0.3 is 0 Å². The van der Waals surface area contributed by atoms with Crippen LogP contribution in [0.2, 0.25) is 0 Å². The van der Waals surface area contributed by atoms with Crippen molar-refractivity contribution in [2.24, 2.45) is 0 Å². The van der Waals surface area contributed by atoms with E-state index < -0.39 is 16.1 Å². The van der Waals surface area contributed by atoms with Gasteiger partial charge in [0, 0.05) is 13.1 Å². The first-order chi connectivity index (χ1) is 14.2. The molecule has 2 aromatic rings. The Kier molecular flexibility index (Phi) is 8.35. The molecule has 2 rings (SSSR count). The van der Waals surface area contributed by atoms with E-state index in [1.54, 1.807) is 37.4 Å². The van der Waals surface area contributed by atoms with Crippen molar-refractivity contribution in [1.29, 1.82) is 0 Å². The number of benzene rings is 2. The van der Waals surface area contributed by atoms with Gasteiger partial charge in [0.2, 0.25) is 10.0 Å². The first kappa shape index (κ1) is 23.3. The van der Waals surface area contributed by atoms with Crippen LogP contribution in [-0.2, 0) is 14.8 Å². The van der Waals surface area contributed by atoms with E-state index in [2.05, 4.69) is 5.32 Å². The Morgan fingerprint density at radius 3 is 2.37 bits per heavy atom. The average molecular weight is 437 g/mol. The van der Waals surface area contributed by atoms with Gasteiger partial charge in [-0.15, -0.1) is 0 Å². The summed E-state index contributed by atoms with van der Waals surface area (Å²) in [7, 11) is -0.279. The van der Waals surface area contributed by atoms with Gasteiger partial charge in [-0.2, -0.15) is 0 Å². The van der Waals surface area contributed by atoms with Gasteiger partial charge in [0.05, 0.1) is 25.6 Å². The van der Waals surface area contributed by atoms with Crippen molar-refractivity contribution in [2.45, 2.75) is 19.4 Å². The van der Waals surface area contributed by atoms with E-state index in [1.165, 1.54) is 11.4 Å². The van der Waals surface area contributed by atoms with Gasteiger partial charge in [0.25, 0.3) is 5.91 Å². The van der Waals surface area contributed by atoms with Crippen LogP contribution in [0.5, 0.6) is 17.2 Å². The number of sulfonamides is 1. The van der Waals surface area contributed by atoms with E-state index >= 15 is 0 Å². The molecule has 0 fully saturated rings. The summed E-state index contributed by atoms with van der Waals surface area (Å²) in [5.41, 5.74) is 0.511. The molecule has 0 saturated carbocycles. The third-order valence-corrected chi connectivity index (χ3v) is 5.56. The van der Waals surface area contributed by atoms with Gasteiger partial charge < -0.3 is 19.5 Å². The molecule has 0 aliphatic heterocycles. The number of anilines is 1. The Morgan fingerprint density at radius 1 is 1.10 bits per heavy atom. The lowest BCUT2D eigenvalue weighted by molar-refractivity contribution is -0.128. The van der Waals surface area contributed by atoms with Crippen LogP contribution in [0.15, 0.2) is 48.5 Å². The Bertz CT molecular complexity index is 931. The predicted molar refractivity (Wildman–Crippen MR) is 116 cm³/mol. The lowest BCUT2D eigenvalue weighted by atomic mass is 10.2. The second-order valence-corrected chi connectivity index (χ2v) is 8.57. The highest BCUT2D eigenvalue weighted by atomic mass is 32.2. The number of hydrogen-bond acceptors (Lipinski definition) is 6. The van der Waals surface area contributed by atoms with Gasteiger partial charge in [-0.3, -0.25) is 9.10 Å². The summed E-state index contributed by atoms with van der Waals surface area (Å²) in [5, 5.41) is 2.79. The standard InChI is InChI=1S/C21H28N2O6S/c1-5-20(29-17-11-9-16(10-12-17)23(2)30(4,25)26)21(24)22-13-14-28-19-8-6-7-18(15-19)27-3/h6-12,15,20H,5,13-14H2,1-4H3,(H,22,24)/t20-/m0/s1.